The van der Waals surface area contributed by atoms with Gasteiger partial charge in [0.1, 0.15) is 17.7 Å². The molecular weight excluding hydrogens is 501 g/mol. The Labute approximate surface area is 204 Å². The first-order valence-corrected chi connectivity index (χ1v) is 12.3. The van der Waals surface area contributed by atoms with Gasteiger partial charge in [0.05, 0.1) is 47.7 Å². The minimum absolute atomic E-state index is 0.143. The standard InChI is InChI=1S/C21H21F3N8O3S/c1-11-18(32(2)36(3,34)35)15(28-10-27-11)9-25-19-13(21(22,23)24)8-26-20(31-19)29-14-6-4-5-12-7-16(33)30-17(12)14/h4-6,8,10H,7,9H2,1-3H3,(H,30,33)(H2,25,26,29,31). The number of anilines is 5. The van der Waals surface area contributed by atoms with Crippen molar-refractivity contribution >= 4 is 44.8 Å². The highest BCUT2D eigenvalue weighted by Gasteiger charge is 2.35. The van der Waals surface area contributed by atoms with Crippen LogP contribution in [0.1, 0.15) is 22.5 Å². The predicted molar refractivity (Wildman–Crippen MR) is 126 cm³/mol. The number of aryl methyl sites for hydroxylation is 1. The molecule has 36 heavy (non-hydrogen) atoms. The van der Waals surface area contributed by atoms with Crippen molar-refractivity contribution in [1.82, 2.24) is 19.9 Å². The Morgan fingerprint density at radius 1 is 1.19 bits per heavy atom. The molecule has 190 valence electrons. The van der Waals surface area contributed by atoms with Gasteiger partial charge in [-0.2, -0.15) is 18.2 Å². The van der Waals surface area contributed by atoms with E-state index in [0.717, 1.165) is 16.1 Å². The molecule has 0 bridgehead atoms. The third kappa shape index (κ3) is 5.15. The lowest BCUT2D eigenvalue weighted by Crippen LogP contribution is -2.28. The average Bonchev–Trinajstić information content (AvgIpc) is 3.17. The van der Waals surface area contributed by atoms with E-state index in [1.807, 2.05) is 0 Å². The fourth-order valence-electron chi connectivity index (χ4n) is 3.65. The van der Waals surface area contributed by atoms with Crippen molar-refractivity contribution in [1.29, 1.82) is 0 Å². The summed E-state index contributed by atoms with van der Waals surface area (Å²) in [6, 6.07) is 5.09. The first kappa shape index (κ1) is 25.1. The number of sulfonamides is 1. The van der Waals surface area contributed by atoms with E-state index >= 15 is 0 Å². The van der Waals surface area contributed by atoms with Gasteiger partial charge in [-0.15, -0.1) is 0 Å². The largest absolute Gasteiger partial charge is 0.421 e. The van der Waals surface area contributed by atoms with Crippen LogP contribution in [0.2, 0.25) is 0 Å². The first-order valence-electron chi connectivity index (χ1n) is 10.5. The molecule has 0 atom stereocenters. The summed E-state index contributed by atoms with van der Waals surface area (Å²) in [4.78, 5) is 27.6. The third-order valence-corrected chi connectivity index (χ3v) is 6.60. The molecule has 0 spiro atoms. The maximum atomic E-state index is 13.7. The molecule has 0 saturated carbocycles. The summed E-state index contributed by atoms with van der Waals surface area (Å²) in [5.74, 6) is -0.891. The van der Waals surface area contributed by atoms with Gasteiger partial charge >= 0.3 is 6.18 Å². The van der Waals surface area contributed by atoms with E-state index in [-0.39, 0.29) is 36.2 Å². The van der Waals surface area contributed by atoms with E-state index in [1.54, 1.807) is 25.1 Å². The second-order valence-electron chi connectivity index (χ2n) is 7.98. The fraction of sp³-hybridized carbons (Fsp3) is 0.286. The van der Waals surface area contributed by atoms with Gasteiger partial charge in [-0.3, -0.25) is 9.10 Å². The van der Waals surface area contributed by atoms with Crippen LogP contribution >= 0.6 is 0 Å². The summed E-state index contributed by atoms with van der Waals surface area (Å²) in [6.45, 7) is 1.28. The van der Waals surface area contributed by atoms with Gasteiger partial charge < -0.3 is 16.0 Å². The van der Waals surface area contributed by atoms with Crippen LogP contribution in [-0.2, 0) is 34.0 Å². The molecule has 0 radical (unpaired) electrons. The van der Waals surface area contributed by atoms with Crippen LogP contribution in [0.4, 0.5) is 42.0 Å². The number of nitrogens with one attached hydrogen (secondary N) is 3. The highest BCUT2D eigenvalue weighted by atomic mass is 32.2. The Kier molecular flexibility index (Phi) is 6.43. The van der Waals surface area contributed by atoms with Crippen molar-refractivity contribution in [2.75, 3.05) is 33.6 Å². The SMILES string of the molecule is Cc1ncnc(CNc2nc(Nc3cccc4c3NC(=O)C4)ncc2C(F)(F)F)c1N(C)S(C)(=O)=O. The third-order valence-electron chi connectivity index (χ3n) is 5.42. The molecule has 0 fully saturated rings. The molecule has 1 aliphatic rings. The Balaban J connectivity index is 1.67. The normalized spacial score (nSPS) is 13.2. The van der Waals surface area contributed by atoms with Crippen molar-refractivity contribution in [2.45, 2.75) is 26.1 Å². The molecule has 15 heteroatoms. The number of aromatic nitrogens is 4. The molecule has 1 aliphatic heterocycles. The zero-order chi connectivity index (χ0) is 26.3. The summed E-state index contributed by atoms with van der Waals surface area (Å²) in [6.07, 6.45) is -1.77. The molecule has 1 aromatic carbocycles. The average molecular weight is 523 g/mol. The highest BCUT2D eigenvalue weighted by Crippen LogP contribution is 2.36. The lowest BCUT2D eigenvalue weighted by atomic mass is 10.1. The molecule has 0 saturated heterocycles. The van der Waals surface area contributed by atoms with Crippen LogP contribution in [0.5, 0.6) is 0 Å². The van der Waals surface area contributed by atoms with Crippen molar-refractivity contribution in [3.63, 3.8) is 0 Å². The number of para-hydroxylation sites is 1. The summed E-state index contributed by atoms with van der Waals surface area (Å²) >= 11 is 0. The number of halogens is 3. The van der Waals surface area contributed by atoms with E-state index in [0.29, 0.717) is 23.3 Å². The van der Waals surface area contributed by atoms with Crippen molar-refractivity contribution < 1.29 is 26.4 Å². The number of hydrogen-bond donors (Lipinski definition) is 3. The van der Waals surface area contributed by atoms with Crippen LogP contribution in [0.25, 0.3) is 0 Å². The second-order valence-corrected chi connectivity index (χ2v) is 10.00. The lowest BCUT2D eigenvalue weighted by Gasteiger charge is -2.21. The van der Waals surface area contributed by atoms with Gasteiger partial charge in [0.15, 0.2) is 0 Å². The Morgan fingerprint density at radius 2 is 1.94 bits per heavy atom. The van der Waals surface area contributed by atoms with E-state index in [2.05, 4.69) is 35.9 Å². The zero-order valence-corrected chi connectivity index (χ0v) is 20.1. The number of nitrogens with zero attached hydrogens (tertiary/aromatic N) is 5. The summed E-state index contributed by atoms with van der Waals surface area (Å²) < 4.78 is 66.1. The van der Waals surface area contributed by atoms with Crippen LogP contribution < -0.4 is 20.3 Å². The molecular formula is C21H21F3N8O3S. The molecule has 1 amide bonds. The maximum Gasteiger partial charge on any atom is 0.421 e. The molecule has 4 rings (SSSR count). The number of rotatable bonds is 7. The fourth-order valence-corrected chi connectivity index (χ4v) is 4.22. The van der Waals surface area contributed by atoms with Crippen LogP contribution in [0.3, 0.4) is 0 Å². The lowest BCUT2D eigenvalue weighted by molar-refractivity contribution is -0.137. The van der Waals surface area contributed by atoms with Gasteiger partial charge in [0, 0.05) is 13.2 Å². The van der Waals surface area contributed by atoms with Crippen LogP contribution in [-0.4, -0.2) is 47.6 Å². The molecule has 11 nitrogen and oxygen atoms in total. The molecule has 0 unspecified atom stereocenters. The van der Waals surface area contributed by atoms with E-state index in [1.165, 1.54) is 13.4 Å². The minimum Gasteiger partial charge on any atom is -0.364 e. The van der Waals surface area contributed by atoms with Gasteiger partial charge in [-0.05, 0) is 18.6 Å². The number of carbonyl (C=O) groups is 1. The van der Waals surface area contributed by atoms with E-state index in [9.17, 15) is 26.4 Å². The number of carbonyl (C=O) groups excluding carboxylic acids is 1. The van der Waals surface area contributed by atoms with E-state index in [4.69, 9.17) is 0 Å². The number of benzene rings is 1. The van der Waals surface area contributed by atoms with Gasteiger partial charge in [0.25, 0.3) is 0 Å². The maximum absolute atomic E-state index is 13.7. The second kappa shape index (κ2) is 9.22. The molecule has 3 heterocycles. The van der Waals surface area contributed by atoms with E-state index < -0.39 is 27.6 Å². The summed E-state index contributed by atoms with van der Waals surface area (Å²) in [5.41, 5.74) is 1.17. The van der Waals surface area contributed by atoms with Crippen molar-refractivity contribution in [3.05, 3.63) is 53.2 Å². The quantitative estimate of drug-likeness (QED) is 0.427. The zero-order valence-electron chi connectivity index (χ0n) is 19.3. The first-order chi connectivity index (χ1) is 16.8. The predicted octanol–water partition coefficient (Wildman–Crippen LogP) is 2.84. The Hall–Kier alpha value is -4.01. The molecule has 2 aromatic heterocycles. The number of amides is 1. The Morgan fingerprint density at radius 3 is 2.64 bits per heavy atom. The summed E-state index contributed by atoms with van der Waals surface area (Å²) in [5, 5.41) is 8.14. The number of alkyl halides is 3. The van der Waals surface area contributed by atoms with Crippen molar-refractivity contribution in [2.24, 2.45) is 0 Å². The Bertz CT molecular complexity index is 1450. The van der Waals surface area contributed by atoms with Gasteiger partial charge in [0.2, 0.25) is 21.9 Å². The van der Waals surface area contributed by atoms with Crippen molar-refractivity contribution in [3.8, 4) is 0 Å². The van der Waals surface area contributed by atoms with Crippen LogP contribution in [0.15, 0.2) is 30.7 Å². The number of fused-ring (bicyclic) bond motifs is 1. The minimum atomic E-state index is -4.77. The van der Waals surface area contributed by atoms with Crippen LogP contribution in [0, 0.1) is 6.92 Å². The monoisotopic (exact) mass is 522 g/mol. The molecule has 0 aliphatic carbocycles. The topological polar surface area (TPSA) is 142 Å². The summed E-state index contributed by atoms with van der Waals surface area (Å²) in [7, 11) is -2.38. The highest BCUT2D eigenvalue weighted by molar-refractivity contribution is 7.92. The molecule has 3 aromatic rings. The smallest absolute Gasteiger partial charge is 0.364 e. The number of hydrogen-bond acceptors (Lipinski definition) is 9. The molecule has 3 N–H and O–H groups in total. The van der Waals surface area contributed by atoms with Gasteiger partial charge in [-0.25, -0.2) is 23.4 Å². The van der Waals surface area contributed by atoms with Gasteiger partial charge in [-0.1, -0.05) is 12.1 Å².